The van der Waals surface area contributed by atoms with Gasteiger partial charge in [-0.2, -0.15) is 0 Å². The highest BCUT2D eigenvalue weighted by atomic mass is 32.5. The maximum Gasteiger partial charge on any atom is 0.330 e. The van der Waals surface area contributed by atoms with Gasteiger partial charge < -0.3 is 23.6 Å². The lowest BCUT2D eigenvalue weighted by Crippen LogP contribution is -2.38. The zero-order valence-corrected chi connectivity index (χ0v) is 17.2. The van der Waals surface area contributed by atoms with Crippen LogP contribution in [0, 0.1) is 5.92 Å². The van der Waals surface area contributed by atoms with Crippen molar-refractivity contribution in [2.45, 2.75) is 50.5 Å². The highest BCUT2D eigenvalue weighted by Crippen LogP contribution is 2.67. The molecule has 0 amide bonds. The van der Waals surface area contributed by atoms with Gasteiger partial charge in [0.15, 0.2) is 12.7 Å². The van der Waals surface area contributed by atoms with Gasteiger partial charge in [-0.05, 0) is 32.1 Å². The molecule has 1 aromatic heterocycles. The molecule has 1 aliphatic carbocycles. The van der Waals surface area contributed by atoms with Gasteiger partial charge in [0.25, 0.3) is 5.56 Å². The van der Waals surface area contributed by atoms with Crippen LogP contribution < -0.4 is 11.2 Å². The summed E-state index contributed by atoms with van der Waals surface area (Å²) >= 11 is 5.66. The van der Waals surface area contributed by atoms with Crippen molar-refractivity contribution < 1.29 is 23.6 Å². The molecule has 2 heterocycles. The molecule has 2 unspecified atom stereocenters. The van der Waals surface area contributed by atoms with Gasteiger partial charge in [-0.1, -0.05) is 0 Å². The van der Waals surface area contributed by atoms with Crippen LogP contribution >= 0.6 is 6.49 Å². The molecule has 9 nitrogen and oxygen atoms in total. The number of hydrogen-bond acceptors (Lipinski definition) is 8. The zero-order chi connectivity index (χ0) is 19.8. The maximum absolute atomic E-state index is 12.1. The van der Waals surface area contributed by atoms with Crippen LogP contribution in [0.1, 0.15) is 26.5 Å². The van der Waals surface area contributed by atoms with Crippen molar-refractivity contribution in [3.63, 3.8) is 0 Å². The summed E-state index contributed by atoms with van der Waals surface area (Å²) in [7, 11) is 1.44. The molecule has 0 aromatic carbocycles. The van der Waals surface area contributed by atoms with E-state index in [-0.39, 0.29) is 11.6 Å². The highest BCUT2D eigenvalue weighted by Gasteiger charge is 2.60. The fourth-order valence-electron chi connectivity index (χ4n) is 3.64. The number of aliphatic hydroxyl groups excluding tert-OH is 1. The molecule has 1 aliphatic heterocycles. The van der Waals surface area contributed by atoms with Crippen molar-refractivity contribution in [3.8, 4) is 0 Å². The average Bonchev–Trinajstić information content (AvgIpc) is 3.34. The summed E-state index contributed by atoms with van der Waals surface area (Å²) in [5, 5.41) is 10.7. The molecule has 2 N–H and O–H groups in total. The quantitative estimate of drug-likeness (QED) is 0.588. The van der Waals surface area contributed by atoms with E-state index < -0.39 is 42.3 Å². The Kier molecular flexibility index (Phi) is 6.37. The summed E-state index contributed by atoms with van der Waals surface area (Å²) in [6.07, 6.45) is -1.05. The van der Waals surface area contributed by atoms with Crippen LogP contribution in [0.2, 0.25) is 0 Å². The Morgan fingerprint density at radius 1 is 1.37 bits per heavy atom. The van der Waals surface area contributed by atoms with Crippen molar-refractivity contribution >= 4 is 18.3 Å². The predicted molar refractivity (Wildman–Crippen MR) is 101 cm³/mol. The van der Waals surface area contributed by atoms with Crippen molar-refractivity contribution in [1.82, 2.24) is 9.55 Å². The Morgan fingerprint density at radius 2 is 2.04 bits per heavy atom. The number of aliphatic hydroxyl groups is 1. The van der Waals surface area contributed by atoms with E-state index in [4.69, 9.17) is 30.3 Å². The van der Waals surface area contributed by atoms with E-state index in [1.807, 2.05) is 13.8 Å². The molecule has 1 aromatic rings. The van der Waals surface area contributed by atoms with Crippen LogP contribution in [-0.4, -0.2) is 59.0 Å². The molecular formula is C16H25N2O7PS. The number of hydrogen-bond donors (Lipinski definition) is 2. The van der Waals surface area contributed by atoms with Crippen molar-refractivity contribution in [1.29, 1.82) is 0 Å². The standard InChI is InChI=1S/C16H25N2O7PS/c1-4-23-26(27,24-5-2)10-8-9(10)13-12(20)14(22-3)15(25-13)18-7-6-11(19)17-16(18)21/h6-7,9-10,12-15,20H,4-5,8H2,1-3H3,(H,17,19,21)/t9?,10?,12-,13-,14-,15-/m1/s1. The number of H-pyrrole nitrogens is 1. The van der Waals surface area contributed by atoms with E-state index in [0.29, 0.717) is 13.2 Å². The summed E-state index contributed by atoms with van der Waals surface area (Å²) in [5.41, 5.74) is -1.13. The molecule has 27 heavy (non-hydrogen) atoms. The summed E-state index contributed by atoms with van der Waals surface area (Å²) in [6, 6.07) is 1.22. The van der Waals surface area contributed by atoms with Crippen LogP contribution in [0.15, 0.2) is 21.9 Å². The molecule has 1 saturated heterocycles. The summed E-state index contributed by atoms with van der Waals surface area (Å²) in [6.45, 7) is 2.21. The number of methoxy groups -OCH3 is 1. The third-order valence-electron chi connectivity index (χ3n) is 4.90. The van der Waals surface area contributed by atoms with Gasteiger partial charge in [0.2, 0.25) is 0 Å². The highest BCUT2D eigenvalue weighted by molar-refractivity contribution is 8.10. The lowest BCUT2D eigenvalue weighted by atomic mass is 10.1. The number of nitrogens with zero attached hydrogens (tertiary/aromatic N) is 1. The number of aromatic amines is 1. The first-order valence-corrected chi connectivity index (χ1v) is 11.6. The van der Waals surface area contributed by atoms with Gasteiger partial charge in [-0.25, -0.2) is 4.79 Å². The van der Waals surface area contributed by atoms with Crippen LogP contribution in [0.25, 0.3) is 0 Å². The van der Waals surface area contributed by atoms with Gasteiger partial charge >= 0.3 is 5.69 Å². The fraction of sp³-hybridized carbons (Fsp3) is 0.750. The second kappa shape index (κ2) is 8.24. The minimum absolute atomic E-state index is 0.00407. The minimum atomic E-state index is -2.47. The van der Waals surface area contributed by atoms with E-state index in [1.165, 1.54) is 23.9 Å². The van der Waals surface area contributed by atoms with Crippen LogP contribution in [-0.2, 0) is 30.3 Å². The summed E-state index contributed by atoms with van der Waals surface area (Å²) in [5.74, 6) is -0.0370. The monoisotopic (exact) mass is 420 g/mol. The van der Waals surface area contributed by atoms with Crippen LogP contribution in [0.4, 0.5) is 0 Å². The fourth-order valence-corrected chi connectivity index (χ4v) is 7.32. The normalized spacial score (nSPS) is 33.3. The second-order valence-electron chi connectivity index (χ2n) is 6.54. The van der Waals surface area contributed by atoms with Crippen molar-refractivity contribution in [2.24, 2.45) is 5.92 Å². The first kappa shape index (κ1) is 20.9. The van der Waals surface area contributed by atoms with E-state index in [9.17, 15) is 14.7 Å². The molecule has 0 spiro atoms. The Balaban J connectivity index is 1.81. The van der Waals surface area contributed by atoms with Crippen LogP contribution in [0.5, 0.6) is 0 Å². The Labute approximate surface area is 161 Å². The number of nitrogens with one attached hydrogen (secondary N) is 1. The zero-order valence-electron chi connectivity index (χ0n) is 15.4. The second-order valence-corrected chi connectivity index (χ2v) is 10.3. The molecule has 0 bridgehead atoms. The minimum Gasteiger partial charge on any atom is -0.387 e. The predicted octanol–water partition coefficient (Wildman–Crippen LogP) is 0.581. The van der Waals surface area contributed by atoms with Gasteiger partial charge in [-0.3, -0.25) is 14.3 Å². The third-order valence-corrected chi connectivity index (χ3v) is 8.99. The summed E-state index contributed by atoms with van der Waals surface area (Å²) < 4.78 is 24.1. The lowest BCUT2D eigenvalue weighted by Gasteiger charge is -2.23. The third kappa shape index (κ3) is 3.98. The van der Waals surface area contributed by atoms with E-state index in [0.717, 1.165) is 6.42 Å². The summed E-state index contributed by atoms with van der Waals surface area (Å²) in [4.78, 5) is 25.6. The van der Waals surface area contributed by atoms with Gasteiger partial charge in [0.05, 0.1) is 19.3 Å². The Bertz CT molecular complexity index is 817. The molecule has 152 valence electrons. The molecule has 1 saturated carbocycles. The van der Waals surface area contributed by atoms with Crippen molar-refractivity contribution in [2.75, 3.05) is 20.3 Å². The maximum atomic E-state index is 12.1. The number of ether oxygens (including phenoxy) is 2. The number of aromatic nitrogens is 2. The van der Waals surface area contributed by atoms with Gasteiger partial charge in [0, 0.05) is 30.9 Å². The van der Waals surface area contributed by atoms with E-state index in [1.54, 1.807) is 0 Å². The molecule has 2 fully saturated rings. The van der Waals surface area contributed by atoms with Gasteiger partial charge in [-0.15, -0.1) is 0 Å². The van der Waals surface area contributed by atoms with Crippen LogP contribution in [0.3, 0.4) is 0 Å². The lowest BCUT2D eigenvalue weighted by molar-refractivity contribution is -0.0572. The molecule has 3 rings (SSSR count). The SMILES string of the molecule is CCOP(=S)(OCC)C1CC1[C@H]1O[C@@H](n2ccc(=O)[nH]c2=O)[C@H](OC)[C@@H]1O. The molecule has 2 aliphatic rings. The van der Waals surface area contributed by atoms with Gasteiger partial charge in [0.1, 0.15) is 12.2 Å². The Morgan fingerprint density at radius 3 is 2.59 bits per heavy atom. The molecular weight excluding hydrogens is 395 g/mol. The first-order chi connectivity index (χ1) is 12.9. The number of rotatable bonds is 8. The van der Waals surface area contributed by atoms with E-state index >= 15 is 0 Å². The molecule has 0 radical (unpaired) electrons. The molecule has 11 heteroatoms. The molecule has 6 atom stereocenters. The first-order valence-electron chi connectivity index (χ1n) is 8.92. The Hall–Kier alpha value is -0.870. The topological polar surface area (TPSA) is 112 Å². The largest absolute Gasteiger partial charge is 0.387 e. The van der Waals surface area contributed by atoms with E-state index in [2.05, 4.69) is 4.98 Å². The average molecular weight is 420 g/mol. The van der Waals surface area contributed by atoms with Crippen molar-refractivity contribution in [3.05, 3.63) is 33.1 Å². The smallest absolute Gasteiger partial charge is 0.330 e.